The molecule has 3 rings (SSSR count). The average Bonchev–Trinajstić information content (AvgIpc) is 3.54. The van der Waals surface area contributed by atoms with E-state index in [2.05, 4.69) is 84.9 Å². The monoisotopic (exact) mass is 504 g/mol. The standard InChI is InChI=1S/C9H12.C8H12O.C8H12S.4C2H6/c1-8(2)9-6-4-3-5-7-9;2*1-6(2)8-5-4-7(3)9-8;4*1-2/h3-8H,1-2H3;2*4-6H,1-3H3;4*1-2H3. The molecule has 0 N–H and O–H groups in total. The van der Waals surface area contributed by atoms with Crippen molar-refractivity contribution >= 4 is 11.3 Å². The van der Waals surface area contributed by atoms with Crippen LogP contribution in [-0.4, -0.2) is 0 Å². The van der Waals surface area contributed by atoms with Crippen LogP contribution in [0, 0.1) is 13.8 Å². The number of benzene rings is 1. The molecule has 0 atom stereocenters. The third-order valence-corrected chi connectivity index (χ3v) is 5.43. The summed E-state index contributed by atoms with van der Waals surface area (Å²) in [5.74, 6) is 3.94. The van der Waals surface area contributed by atoms with Gasteiger partial charge >= 0.3 is 0 Å². The molecule has 0 spiro atoms. The van der Waals surface area contributed by atoms with E-state index < -0.39 is 0 Å². The first kappa shape index (κ1) is 40.4. The van der Waals surface area contributed by atoms with Gasteiger partial charge in [0.2, 0.25) is 0 Å². The zero-order valence-electron chi connectivity index (χ0n) is 26.2. The van der Waals surface area contributed by atoms with Crippen LogP contribution in [0.2, 0.25) is 0 Å². The summed E-state index contributed by atoms with van der Waals surface area (Å²) in [4.78, 5) is 2.91. The van der Waals surface area contributed by atoms with Gasteiger partial charge in [0.05, 0.1) is 0 Å². The zero-order valence-corrected chi connectivity index (χ0v) is 27.1. The molecule has 1 aromatic carbocycles. The van der Waals surface area contributed by atoms with Gasteiger partial charge in [-0.05, 0) is 55.5 Å². The van der Waals surface area contributed by atoms with Crippen molar-refractivity contribution in [3.63, 3.8) is 0 Å². The molecule has 204 valence electrons. The molecule has 0 aliphatic rings. The van der Waals surface area contributed by atoms with E-state index in [1.54, 1.807) is 0 Å². The van der Waals surface area contributed by atoms with Gasteiger partial charge in [-0.1, -0.05) is 127 Å². The Bertz CT molecular complexity index is 704. The first-order valence-electron chi connectivity index (χ1n) is 13.9. The third kappa shape index (κ3) is 22.4. The van der Waals surface area contributed by atoms with E-state index in [1.807, 2.05) is 91.8 Å². The number of thiophene rings is 1. The topological polar surface area (TPSA) is 13.1 Å². The van der Waals surface area contributed by atoms with Crippen LogP contribution >= 0.6 is 11.3 Å². The fraction of sp³-hybridized carbons (Fsp3) is 0.576. The zero-order chi connectivity index (χ0) is 28.4. The average molecular weight is 505 g/mol. The second kappa shape index (κ2) is 28.4. The molecule has 0 aliphatic heterocycles. The number of furan rings is 1. The van der Waals surface area contributed by atoms with Crippen molar-refractivity contribution in [1.29, 1.82) is 0 Å². The van der Waals surface area contributed by atoms with Gasteiger partial charge in [-0.15, -0.1) is 11.3 Å². The van der Waals surface area contributed by atoms with Crippen LogP contribution in [0.5, 0.6) is 0 Å². The van der Waals surface area contributed by atoms with E-state index in [0.717, 1.165) is 11.5 Å². The summed E-state index contributed by atoms with van der Waals surface area (Å²) in [6, 6.07) is 18.9. The van der Waals surface area contributed by atoms with Gasteiger partial charge < -0.3 is 4.42 Å². The van der Waals surface area contributed by atoms with E-state index in [9.17, 15) is 0 Å². The Morgan fingerprint density at radius 2 is 1.03 bits per heavy atom. The van der Waals surface area contributed by atoms with Crippen LogP contribution in [0.25, 0.3) is 0 Å². The maximum Gasteiger partial charge on any atom is 0.106 e. The lowest BCUT2D eigenvalue weighted by atomic mass is 10.0. The second-order valence-corrected chi connectivity index (χ2v) is 9.09. The van der Waals surface area contributed by atoms with Gasteiger partial charge in [0.15, 0.2) is 0 Å². The predicted octanol–water partition coefficient (Wildman–Crippen LogP) is 12.8. The molecule has 0 radical (unpaired) electrons. The van der Waals surface area contributed by atoms with Gasteiger partial charge in [0, 0.05) is 15.7 Å². The number of rotatable bonds is 3. The molecule has 0 saturated heterocycles. The Hall–Kier alpha value is -1.80. The lowest BCUT2D eigenvalue weighted by Gasteiger charge is -2.01. The molecule has 0 saturated carbocycles. The number of hydrogen-bond donors (Lipinski definition) is 0. The highest BCUT2D eigenvalue weighted by molar-refractivity contribution is 7.12. The molecule has 3 aromatic rings. The summed E-state index contributed by atoms with van der Waals surface area (Å²) in [7, 11) is 0. The smallest absolute Gasteiger partial charge is 0.106 e. The Morgan fingerprint density at radius 3 is 1.23 bits per heavy atom. The van der Waals surface area contributed by atoms with Crippen molar-refractivity contribution in [1.82, 2.24) is 0 Å². The first-order chi connectivity index (χ1) is 16.7. The minimum absolute atomic E-state index is 0.513. The molecular weight excluding hydrogens is 444 g/mol. The Morgan fingerprint density at radius 1 is 0.543 bits per heavy atom. The van der Waals surface area contributed by atoms with E-state index in [0.29, 0.717) is 17.8 Å². The molecule has 0 aliphatic carbocycles. The highest BCUT2D eigenvalue weighted by Crippen LogP contribution is 2.23. The van der Waals surface area contributed by atoms with Crippen LogP contribution in [0.3, 0.4) is 0 Å². The summed E-state index contributed by atoms with van der Waals surface area (Å²) in [6.07, 6.45) is 0. The van der Waals surface area contributed by atoms with Crippen LogP contribution in [0.4, 0.5) is 0 Å². The molecule has 1 nitrogen and oxygen atoms in total. The van der Waals surface area contributed by atoms with E-state index >= 15 is 0 Å². The molecular formula is C33H60OS. The molecule has 0 amide bonds. The molecule has 2 heteroatoms. The molecule has 2 aromatic heterocycles. The molecule has 0 bridgehead atoms. The summed E-state index contributed by atoms with van der Waals surface area (Å²) in [5.41, 5.74) is 1.41. The maximum atomic E-state index is 5.34. The number of aryl methyl sites for hydroxylation is 2. The van der Waals surface area contributed by atoms with E-state index in [1.165, 1.54) is 15.3 Å². The normalized spacial score (nSPS) is 8.77. The van der Waals surface area contributed by atoms with Gasteiger partial charge in [-0.3, -0.25) is 0 Å². The second-order valence-electron chi connectivity index (χ2n) is 7.77. The molecule has 0 unspecified atom stereocenters. The van der Waals surface area contributed by atoms with Crippen molar-refractivity contribution in [2.45, 2.75) is 129 Å². The van der Waals surface area contributed by atoms with Gasteiger partial charge in [0.1, 0.15) is 11.5 Å². The molecule has 2 heterocycles. The Labute approximate surface area is 225 Å². The van der Waals surface area contributed by atoms with Crippen molar-refractivity contribution in [3.05, 3.63) is 81.4 Å². The van der Waals surface area contributed by atoms with Crippen molar-refractivity contribution in [2.24, 2.45) is 0 Å². The van der Waals surface area contributed by atoms with Crippen LogP contribution in [0.15, 0.2) is 59.0 Å². The number of hydrogen-bond acceptors (Lipinski definition) is 2. The lowest BCUT2D eigenvalue weighted by molar-refractivity contribution is 0.463. The van der Waals surface area contributed by atoms with E-state index in [-0.39, 0.29) is 0 Å². The minimum Gasteiger partial charge on any atom is -0.466 e. The minimum atomic E-state index is 0.513. The summed E-state index contributed by atoms with van der Waals surface area (Å²) in [5, 5.41) is 0. The van der Waals surface area contributed by atoms with Crippen molar-refractivity contribution in [3.8, 4) is 0 Å². The maximum absolute atomic E-state index is 5.34. The summed E-state index contributed by atoms with van der Waals surface area (Å²) in [6.45, 7) is 33.2. The summed E-state index contributed by atoms with van der Waals surface area (Å²) >= 11 is 1.90. The van der Waals surface area contributed by atoms with Gasteiger partial charge in [-0.25, -0.2) is 0 Å². The third-order valence-electron chi connectivity index (χ3n) is 4.13. The van der Waals surface area contributed by atoms with Crippen LogP contribution in [-0.2, 0) is 0 Å². The quantitative estimate of drug-likeness (QED) is 0.345. The fourth-order valence-electron chi connectivity index (χ4n) is 2.37. The predicted molar refractivity (Wildman–Crippen MR) is 167 cm³/mol. The fourth-order valence-corrected chi connectivity index (χ4v) is 3.25. The highest BCUT2D eigenvalue weighted by Gasteiger charge is 2.01. The molecule has 0 fully saturated rings. The largest absolute Gasteiger partial charge is 0.466 e. The van der Waals surface area contributed by atoms with Crippen molar-refractivity contribution < 1.29 is 4.42 Å². The van der Waals surface area contributed by atoms with Gasteiger partial charge in [-0.2, -0.15) is 0 Å². The highest BCUT2D eigenvalue weighted by atomic mass is 32.1. The lowest BCUT2D eigenvalue weighted by Crippen LogP contribution is -1.83. The first-order valence-corrected chi connectivity index (χ1v) is 14.7. The van der Waals surface area contributed by atoms with Crippen molar-refractivity contribution in [2.75, 3.05) is 0 Å². The van der Waals surface area contributed by atoms with Crippen LogP contribution in [0.1, 0.15) is 142 Å². The summed E-state index contributed by atoms with van der Waals surface area (Å²) < 4.78 is 5.34. The van der Waals surface area contributed by atoms with E-state index in [4.69, 9.17) is 4.42 Å². The Kier molecular flexibility index (Phi) is 32.8. The van der Waals surface area contributed by atoms with Gasteiger partial charge in [0.25, 0.3) is 0 Å². The van der Waals surface area contributed by atoms with Crippen LogP contribution < -0.4 is 0 Å². The Balaban J connectivity index is -0.000000180. The SMILES string of the molecule is CC.CC.CC.CC.CC(C)c1ccccc1.Cc1ccc(C(C)C)o1.Cc1ccc(C(C)C)s1. The molecule has 35 heavy (non-hydrogen) atoms.